The molecule has 1 atom stereocenters. The van der Waals surface area contributed by atoms with Gasteiger partial charge in [-0.05, 0) is 26.3 Å². The van der Waals surface area contributed by atoms with Crippen LogP contribution in [0.25, 0.3) is 0 Å². The molecule has 1 rings (SSSR count). The molecule has 1 unspecified atom stereocenters. The number of carbonyl (C=O) groups excluding carboxylic acids is 2. The smallest absolute Gasteiger partial charge is 0.408 e. The van der Waals surface area contributed by atoms with Gasteiger partial charge in [-0.25, -0.2) is 4.79 Å². The van der Waals surface area contributed by atoms with Crippen molar-refractivity contribution in [1.29, 1.82) is 0 Å². The number of nitrogens with one attached hydrogen (secondary N) is 2. The van der Waals surface area contributed by atoms with Crippen molar-refractivity contribution in [3.8, 4) is 12.3 Å². The number of ether oxygens (including phenoxy) is 2. The highest BCUT2D eigenvalue weighted by molar-refractivity contribution is 5.85. The van der Waals surface area contributed by atoms with E-state index in [1.54, 1.807) is 20.8 Å². The summed E-state index contributed by atoms with van der Waals surface area (Å²) in [7, 11) is 0. The molecule has 0 aliphatic rings. The van der Waals surface area contributed by atoms with E-state index < -0.39 is 17.7 Å². The Balaban J connectivity index is 2.60. The molecule has 0 saturated carbocycles. The number of hydrogen-bond donors (Lipinski definition) is 2. The summed E-state index contributed by atoms with van der Waals surface area (Å²) in [6, 6.07) is 8.56. The Hall–Kier alpha value is -2.52. The minimum atomic E-state index is -0.892. The molecule has 6 heteroatoms. The van der Waals surface area contributed by atoms with Crippen molar-refractivity contribution in [3.05, 3.63) is 35.9 Å². The molecule has 0 aliphatic heterocycles. The van der Waals surface area contributed by atoms with E-state index in [9.17, 15) is 9.59 Å². The number of benzene rings is 1. The minimum absolute atomic E-state index is 0.0376. The van der Waals surface area contributed by atoms with Gasteiger partial charge in [0.05, 0.1) is 6.61 Å². The van der Waals surface area contributed by atoms with Crippen LogP contribution in [0.5, 0.6) is 0 Å². The van der Waals surface area contributed by atoms with Crippen LogP contribution in [0.4, 0.5) is 4.79 Å². The number of terminal acetylenes is 1. The number of alkyl carbamates (subject to hydrolysis) is 1. The predicted octanol–water partition coefficient (Wildman–Crippen LogP) is 1.85. The van der Waals surface area contributed by atoms with E-state index in [4.69, 9.17) is 15.9 Å². The number of hydrogen-bond acceptors (Lipinski definition) is 4. The summed E-state index contributed by atoms with van der Waals surface area (Å²) in [5.74, 6) is 1.94. The Labute approximate surface area is 142 Å². The summed E-state index contributed by atoms with van der Waals surface area (Å²) in [5, 5.41) is 5.25. The summed E-state index contributed by atoms with van der Waals surface area (Å²) >= 11 is 0. The Bertz CT molecular complexity index is 573. The Morgan fingerprint density at radius 3 is 2.50 bits per heavy atom. The zero-order valence-corrected chi connectivity index (χ0v) is 14.3. The highest BCUT2D eigenvalue weighted by Gasteiger charge is 2.24. The summed E-state index contributed by atoms with van der Waals surface area (Å²) < 4.78 is 10.3. The van der Waals surface area contributed by atoms with Crippen LogP contribution in [0, 0.1) is 12.3 Å². The molecule has 0 spiro atoms. The minimum Gasteiger partial charge on any atom is -0.444 e. The van der Waals surface area contributed by atoms with Crippen molar-refractivity contribution < 1.29 is 19.1 Å². The average molecular weight is 332 g/mol. The van der Waals surface area contributed by atoms with Gasteiger partial charge < -0.3 is 20.1 Å². The summed E-state index contributed by atoms with van der Waals surface area (Å²) in [6.07, 6.45) is 4.43. The molecule has 2 amide bonds. The van der Waals surface area contributed by atoms with Crippen molar-refractivity contribution >= 4 is 12.0 Å². The Morgan fingerprint density at radius 1 is 1.25 bits per heavy atom. The van der Waals surface area contributed by atoms with Crippen LogP contribution < -0.4 is 10.6 Å². The van der Waals surface area contributed by atoms with E-state index >= 15 is 0 Å². The molecule has 0 bridgehead atoms. The first kappa shape index (κ1) is 19.5. The van der Waals surface area contributed by atoms with Gasteiger partial charge in [0.1, 0.15) is 18.2 Å². The summed E-state index contributed by atoms with van der Waals surface area (Å²) in [6.45, 7) is 5.59. The second-order valence-corrected chi connectivity index (χ2v) is 6.12. The molecular formula is C18H24N2O4. The van der Waals surface area contributed by atoms with Gasteiger partial charge in [0, 0.05) is 6.54 Å². The first-order chi connectivity index (χ1) is 11.3. The van der Waals surface area contributed by atoms with E-state index in [1.165, 1.54) is 0 Å². The highest BCUT2D eigenvalue weighted by Crippen LogP contribution is 2.07. The topological polar surface area (TPSA) is 76.7 Å². The normalized spacial score (nSPS) is 11.9. The maximum Gasteiger partial charge on any atom is 0.408 e. The molecule has 24 heavy (non-hydrogen) atoms. The molecule has 0 radical (unpaired) electrons. The van der Waals surface area contributed by atoms with Crippen LogP contribution >= 0.6 is 0 Å². The van der Waals surface area contributed by atoms with Crippen molar-refractivity contribution in [2.75, 3.05) is 13.2 Å². The lowest BCUT2D eigenvalue weighted by Gasteiger charge is -2.23. The zero-order chi connectivity index (χ0) is 18.0. The van der Waals surface area contributed by atoms with Gasteiger partial charge in [-0.2, -0.15) is 0 Å². The fourth-order valence-corrected chi connectivity index (χ4v) is 1.78. The highest BCUT2D eigenvalue weighted by atomic mass is 16.6. The van der Waals surface area contributed by atoms with Crippen LogP contribution in [-0.2, 0) is 20.8 Å². The summed E-state index contributed by atoms with van der Waals surface area (Å²) in [5.41, 5.74) is 0.292. The third-order valence-corrected chi connectivity index (χ3v) is 2.79. The largest absolute Gasteiger partial charge is 0.444 e. The van der Waals surface area contributed by atoms with Gasteiger partial charge in [0.2, 0.25) is 5.91 Å². The zero-order valence-electron chi connectivity index (χ0n) is 14.3. The van der Waals surface area contributed by atoms with Crippen molar-refractivity contribution in [2.45, 2.75) is 39.0 Å². The standard InChI is InChI=1S/C18H24N2O4/c1-5-11-23-13-15(20-17(22)24-18(2,3)4)16(21)19-12-14-9-7-6-8-10-14/h1,6-10,15H,11-13H2,2-4H3,(H,19,21)(H,20,22). The lowest BCUT2D eigenvalue weighted by Crippen LogP contribution is -2.50. The van der Waals surface area contributed by atoms with Crippen molar-refractivity contribution in [1.82, 2.24) is 10.6 Å². The molecule has 1 aromatic rings. The van der Waals surface area contributed by atoms with Gasteiger partial charge in [-0.3, -0.25) is 4.79 Å². The Morgan fingerprint density at radius 2 is 1.92 bits per heavy atom. The molecule has 0 fully saturated rings. The third-order valence-electron chi connectivity index (χ3n) is 2.79. The molecule has 6 nitrogen and oxygen atoms in total. The van der Waals surface area contributed by atoms with Crippen LogP contribution in [0.2, 0.25) is 0 Å². The second kappa shape index (κ2) is 9.58. The van der Waals surface area contributed by atoms with Crippen molar-refractivity contribution in [2.24, 2.45) is 0 Å². The molecule has 0 saturated heterocycles. The van der Waals surface area contributed by atoms with E-state index in [-0.39, 0.29) is 19.1 Å². The third kappa shape index (κ3) is 8.20. The molecular weight excluding hydrogens is 308 g/mol. The monoisotopic (exact) mass is 332 g/mol. The van der Waals surface area contributed by atoms with Gasteiger partial charge in [0.15, 0.2) is 0 Å². The molecule has 2 N–H and O–H groups in total. The Kier molecular flexibility index (Phi) is 7.80. The molecule has 1 aromatic carbocycles. The lowest BCUT2D eigenvalue weighted by molar-refractivity contribution is -0.124. The maximum atomic E-state index is 12.3. The second-order valence-electron chi connectivity index (χ2n) is 6.12. The average Bonchev–Trinajstić information content (AvgIpc) is 2.51. The van der Waals surface area contributed by atoms with Gasteiger partial charge >= 0.3 is 6.09 Å². The van der Waals surface area contributed by atoms with Crippen LogP contribution in [0.3, 0.4) is 0 Å². The SMILES string of the molecule is C#CCOCC(NC(=O)OC(C)(C)C)C(=O)NCc1ccccc1. The predicted molar refractivity (Wildman–Crippen MR) is 91.1 cm³/mol. The van der Waals surface area contributed by atoms with E-state index in [0.717, 1.165) is 5.56 Å². The van der Waals surface area contributed by atoms with Gasteiger partial charge in [-0.1, -0.05) is 36.3 Å². The first-order valence-corrected chi connectivity index (χ1v) is 7.64. The van der Waals surface area contributed by atoms with Crippen LogP contribution in [-0.4, -0.2) is 36.9 Å². The fourth-order valence-electron chi connectivity index (χ4n) is 1.78. The van der Waals surface area contributed by atoms with Gasteiger partial charge in [-0.15, -0.1) is 6.42 Å². The number of amides is 2. The quantitative estimate of drug-likeness (QED) is 0.590. The summed E-state index contributed by atoms with van der Waals surface area (Å²) in [4.78, 5) is 24.2. The number of rotatable bonds is 7. The fraction of sp³-hybridized carbons (Fsp3) is 0.444. The maximum absolute atomic E-state index is 12.3. The van der Waals surface area contributed by atoms with Gasteiger partial charge in [0.25, 0.3) is 0 Å². The van der Waals surface area contributed by atoms with Crippen LogP contribution in [0.1, 0.15) is 26.3 Å². The van der Waals surface area contributed by atoms with E-state index in [0.29, 0.717) is 6.54 Å². The van der Waals surface area contributed by atoms with E-state index in [1.807, 2.05) is 30.3 Å². The van der Waals surface area contributed by atoms with Crippen molar-refractivity contribution in [3.63, 3.8) is 0 Å². The first-order valence-electron chi connectivity index (χ1n) is 7.64. The lowest BCUT2D eigenvalue weighted by atomic mass is 10.2. The molecule has 130 valence electrons. The molecule has 0 aliphatic carbocycles. The van der Waals surface area contributed by atoms with E-state index in [2.05, 4.69) is 16.6 Å². The number of carbonyl (C=O) groups is 2. The van der Waals surface area contributed by atoms with Crippen LogP contribution in [0.15, 0.2) is 30.3 Å². The molecule has 0 aromatic heterocycles. The molecule has 0 heterocycles.